The molecule has 1 aliphatic heterocycles. The number of rotatable bonds is 3. The van der Waals surface area contributed by atoms with Gasteiger partial charge >= 0.3 is 6.18 Å². The van der Waals surface area contributed by atoms with E-state index in [1.165, 1.54) is 0 Å². The third kappa shape index (κ3) is 3.96. The van der Waals surface area contributed by atoms with Gasteiger partial charge in [-0.1, -0.05) is 13.8 Å². The Labute approximate surface area is 120 Å². The van der Waals surface area contributed by atoms with Crippen molar-refractivity contribution in [3.8, 4) is 0 Å². The fourth-order valence-electron chi connectivity index (χ4n) is 2.21. The van der Waals surface area contributed by atoms with E-state index in [1.54, 1.807) is 6.07 Å². The normalized spacial score (nSPS) is 20.1. The van der Waals surface area contributed by atoms with Crippen LogP contribution in [0.15, 0.2) is 6.07 Å². The molecule has 2 rings (SSSR count). The third-order valence-electron chi connectivity index (χ3n) is 3.20. The first-order valence-electron chi connectivity index (χ1n) is 6.79. The predicted octanol–water partition coefficient (Wildman–Crippen LogP) is 2.01. The zero-order chi connectivity index (χ0) is 15.6. The highest BCUT2D eigenvalue weighted by Crippen LogP contribution is 2.26. The van der Waals surface area contributed by atoms with Gasteiger partial charge in [0.05, 0.1) is 13.2 Å². The molecule has 0 bridgehead atoms. The number of morpholine rings is 1. The quantitative estimate of drug-likeness (QED) is 0.929. The van der Waals surface area contributed by atoms with Gasteiger partial charge in [-0.15, -0.1) is 0 Å². The Balaban J connectivity index is 2.04. The summed E-state index contributed by atoms with van der Waals surface area (Å²) < 4.78 is 42.6. The lowest BCUT2D eigenvalue weighted by molar-refractivity contribution is -0.233. The molecule has 1 fully saturated rings. The highest BCUT2D eigenvalue weighted by Gasteiger charge is 2.44. The molecule has 2 heterocycles. The Morgan fingerprint density at radius 1 is 1.57 bits per heavy atom. The van der Waals surface area contributed by atoms with E-state index in [-0.39, 0.29) is 18.8 Å². The third-order valence-corrected chi connectivity index (χ3v) is 3.20. The molecule has 0 spiro atoms. The number of nitrogens with one attached hydrogen (secondary N) is 1. The van der Waals surface area contributed by atoms with Crippen molar-refractivity contribution in [2.24, 2.45) is 5.92 Å². The maximum absolute atomic E-state index is 12.6. The summed E-state index contributed by atoms with van der Waals surface area (Å²) in [5.74, 6) is -0.106. The number of H-pyrrole nitrogens is 1. The van der Waals surface area contributed by atoms with Crippen molar-refractivity contribution in [2.75, 3.05) is 19.7 Å². The van der Waals surface area contributed by atoms with E-state index in [1.807, 2.05) is 13.8 Å². The molecule has 1 atom stereocenters. The van der Waals surface area contributed by atoms with Gasteiger partial charge in [-0.05, 0) is 18.4 Å². The molecule has 118 valence electrons. The summed E-state index contributed by atoms with van der Waals surface area (Å²) in [5.41, 5.74) is 0.947. The van der Waals surface area contributed by atoms with Crippen LogP contribution in [-0.2, 0) is 11.2 Å². The first kappa shape index (κ1) is 15.8. The molecule has 1 aliphatic rings. The topological polar surface area (TPSA) is 58.2 Å². The van der Waals surface area contributed by atoms with Gasteiger partial charge in [0.25, 0.3) is 5.91 Å². The summed E-state index contributed by atoms with van der Waals surface area (Å²) >= 11 is 0. The van der Waals surface area contributed by atoms with Crippen LogP contribution in [0.5, 0.6) is 0 Å². The second-order valence-electron chi connectivity index (χ2n) is 5.53. The molecule has 1 aromatic heterocycles. The largest absolute Gasteiger partial charge is 0.416 e. The second-order valence-corrected chi connectivity index (χ2v) is 5.53. The minimum absolute atomic E-state index is 0.126. The summed E-state index contributed by atoms with van der Waals surface area (Å²) in [6.45, 7) is 3.57. The molecule has 1 N–H and O–H groups in total. The molecular formula is C13H18F3N3O2. The summed E-state index contributed by atoms with van der Waals surface area (Å²) in [6, 6.07) is 1.60. The Morgan fingerprint density at radius 2 is 2.29 bits per heavy atom. The molecule has 1 amide bonds. The van der Waals surface area contributed by atoms with E-state index in [4.69, 9.17) is 0 Å². The molecule has 0 aliphatic carbocycles. The number of carbonyl (C=O) groups excluding carboxylic acids is 1. The SMILES string of the molecule is CC(C)Cc1cc(C(=O)N2CCO[C@@H](C(F)(F)F)C2)n[nH]1. The standard InChI is InChI=1S/C13H18F3N3O2/c1-8(2)5-9-6-10(18-17-9)12(20)19-3-4-21-11(7-19)13(14,15)16/h6,8,11H,3-5,7H2,1-2H3,(H,17,18)/t11-/m1/s1. The average molecular weight is 305 g/mol. The van der Waals surface area contributed by atoms with Gasteiger partial charge < -0.3 is 9.64 Å². The van der Waals surface area contributed by atoms with E-state index in [0.29, 0.717) is 5.92 Å². The minimum Gasteiger partial charge on any atom is -0.365 e. The lowest BCUT2D eigenvalue weighted by Gasteiger charge is -2.33. The van der Waals surface area contributed by atoms with Gasteiger partial charge in [-0.3, -0.25) is 9.89 Å². The van der Waals surface area contributed by atoms with Gasteiger partial charge in [-0.2, -0.15) is 18.3 Å². The number of hydrogen-bond acceptors (Lipinski definition) is 3. The van der Waals surface area contributed by atoms with Crippen LogP contribution in [0.3, 0.4) is 0 Å². The number of ether oxygens (including phenoxy) is 1. The first-order valence-corrected chi connectivity index (χ1v) is 6.79. The van der Waals surface area contributed by atoms with Crippen LogP contribution in [0, 0.1) is 5.92 Å². The van der Waals surface area contributed by atoms with Crippen molar-refractivity contribution in [1.29, 1.82) is 0 Å². The molecule has 21 heavy (non-hydrogen) atoms. The number of aromatic nitrogens is 2. The van der Waals surface area contributed by atoms with Crippen molar-refractivity contribution in [3.05, 3.63) is 17.5 Å². The summed E-state index contributed by atoms with van der Waals surface area (Å²) in [5, 5.41) is 6.64. The second kappa shape index (κ2) is 6.05. The van der Waals surface area contributed by atoms with Gasteiger partial charge in [0.1, 0.15) is 5.69 Å². The van der Waals surface area contributed by atoms with Crippen LogP contribution in [0.4, 0.5) is 13.2 Å². The number of carbonyl (C=O) groups is 1. The maximum Gasteiger partial charge on any atom is 0.416 e. The van der Waals surface area contributed by atoms with Gasteiger partial charge in [0.15, 0.2) is 6.10 Å². The van der Waals surface area contributed by atoms with Crippen LogP contribution >= 0.6 is 0 Å². The summed E-state index contributed by atoms with van der Waals surface area (Å²) in [7, 11) is 0. The highest BCUT2D eigenvalue weighted by molar-refractivity contribution is 5.92. The van der Waals surface area contributed by atoms with E-state index in [0.717, 1.165) is 17.0 Å². The van der Waals surface area contributed by atoms with Crippen LogP contribution < -0.4 is 0 Å². The Hall–Kier alpha value is -1.57. The minimum atomic E-state index is -4.46. The molecule has 8 heteroatoms. The van der Waals surface area contributed by atoms with Crippen LogP contribution in [0.1, 0.15) is 30.0 Å². The fourth-order valence-corrected chi connectivity index (χ4v) is 2.21. The number of hydrogen-bond donors (Lipinski definition) is 1. The number of nitrogens with zero attached hydrogens (tertiary/aromatic N) is 2. The molecule has 0 unspecified atom stereocenters. The number of amides is 1. The average Bonchev–Trinajstić information content (AvgIpc) is 2.84. The van der Waals surface area contributed by atoms with E-state index in [2.05, 4.69) is 14.9 Å². The zero-order valence-electron chi connectivity index (χ0n) is 11.9. The molecule has 0 aromatic carbocycles. The van der Waals surface area contributed by atoms with Crippen molar-refractivity contribution in [2.45, 2.75) is 32.5 Å². The first-order chi connectivity index (χ1) is 9.77. The number of halogens is 3. The van der Waals surface area contributed by atoms with Crippen molar-refractivity contribution >= 4 is 5.91 Å². The van der Waals surface area contributed by atoms with Gasteiger partial charge in [0.2, 0.25) is 0 Å². The van der Waals surface area contributed by atoms with Gasteiger partial charge in [0, 0.05) is 12.2 Å². The number of alkyl halides is 3. The van der Waals surface area contributed by atoms with Gasteiger partial charge in [-0.25, -0.2) is 0 Å². The molecule has 0 saturated carbocycles. The summed E-state index contributed by atoms with van der Waals surface area (Å²) in [6.07, 6.45) is -5.66. The van der Waals surface area contributed by atoms with Crippen LogP contribution in [0.25, 0.3) is 0 Å². The van der Waals surface area contributed by atoms with Crippen molar-refractivity contribution in [3.63, 3.8) is 0 Å². The molecule has 1 saturated heterocycles. The highest BCUT2D eigenvalue weighted by atomic mass is 19.4. The van der Waals surface area contributed by atoms with E-state index < -0.39 is 24.7 Å². The maximum atomic E-state index is 12.6. The Bertz CT molecular complexity index is 499. The Kier molecular flexibility index (Phi) is 4.55. The molecule has 5 nitrogen and oxygen atoms in total. The van der Waals surface area contributed by atoms with Crippen molar-refractivity contribution in [1.82, 2.24) is 15.1 Å². The molecule has 1 aromatic rings. The molecule has 0 radical (unpaired) electrons. The lowest BCUT2D eigenvalue weighted by Crippen LogP contribution is -2.51. The monoisotopic (exact) mass is 305 g/mol. The van der Waals surface area contributed by atoms with E-state index in [9.17, 15) is 18.0 Å². The smallest absolute Gasteiger partial charge is 0.365 e. The fraction of sp³-hybridized carbons (Fsp3) is 0.692. The number of aromatic amines is 1. The molecular weight excluding hydrogens is 287 g/mol. The Morgan fingerprint density at radius 3 is 2.90 bits per heavy atom. The van der Waals surface area contributed by atoms with Crippen LogP contribution in [0.2, 0.25) is 0 Å². The van der Waals surface area contributed by atoms with Crippen LogP contribution in [-0.4, -0.2) is 53.0 Å². The lowest BCUT2D eigenvalue weighted by atomic mass is 10.1. The summed E-state index contributed by atoms with van der Waals surface area (Å²) in [4.78, 5) is 13.3. The zero-order valence-corrected chi connectivity index (χ0v) is 11.9. The van der Waals surface area contributed by atoms with Crippen molar-refractivity contribution < 1.29 is 22.7 Å². The van der Waals surface area contributed by atoms with E-state index >= 15 is 0 Å². The predicted molar refractivity (Wildman–Crippen MR) is 68.8 cm³/mol.